The molecule has 0 spiro atoms. The van der Waals surface area contributed by atoms with Crippen LogP contribution in [0.4, 0.5) is 0 Å². The van der Waals surface area contributed by atoms with E-state index in [1.165, 1.54) is 0 Å². The lowest BCUT2D eigenvalue weighted by Gasteiger charge is -2.17. The van der Waals surface area contributed by atoms with Crippen LogP contribution in [0.15, 0.2) is 39.3 Å². The summed E-state index contributed by atoms with van der Waals surface area (Å²) in [5.74, 6) is 1.48. The van der Waals surface area contributed by atoms with Gasteiger partial charge in [0.2, 0.25) is 0 Å². The Hall–Kier alpha value is -0.520. The Morgan fingerprint density at radius 1 is 0.857 bits per heavy atom. The highest BCUT2D eigenvalue weighted by Crippen LogP contribution is 2.40. The fourth-order valence-electron chi connectivity index (χ4n) is 2.17. The van der Waals surface area contributed by atoms with Crippen LogP contribution in [-0.4, -0.2) is 14.2 Å². The molecule has 1 unspecified atom stereocenters. The molecule has 0 aliphatic heterocycles. The van der Waals surface area contributed by atoms with E-state index in [0.29, 0.717) is 0 Å². The van der Waals surface area contributed by atoms with Crippen LogP contribution >= 0.6 is 47.8 Å². The minimum absolute atomic E-state index is 0.0751. The van der Waals surface area contributed by atoms with E-state index in [0.717, 1.165) is 37.1 Å². The smallest absolute Gasteiger partial charge is 0.161 e. The number of aryl methyl sites for hydroxylation is 1. The minimum Gasteiger partial charge on any atom is -0.493 e. The number of rotatable bonds is 4. The molecular formula is C16H15Br3O2. The van der Waals surface area contributed by atoms with E-state index in [2.05, 4.69) is 66.8 Å². The van der Waals surface area contributed by atoms with Gasteiger partial charge in [-0.15, -0.1) is 0 Å². The molecule has 0 heterocycles. The molecule has 112 valence electrons. The molecule has 2 nitrogen and oxygen atoms in total. The molecular weight excluding hydrogens is 464 g/mol. The highest BCUT2D eigenvalue weighted by molar-refractivity contribution is 9.11. The molecule has 21 heavy (non-hydrogen) atoms. The van der Waals surface area contributed by atoms with Crippen molar-refractivity contribution in [2.24, 2.45) is 0 Å². The first-order valence-electron chi connectivity index (χ1n) is 6.29. The van der Waals surface area contributed by atoms with Gasteiger partial charge in [-0.05, 0) is 53.9 Å². The van der Waals surface area contributed by atoms with Crippen molar-refractivity contribution in [3.8, 4) is 11.5 Å². The average Bonchev–Trinajstić information content (AvgIpc) is 2.45. The fourth-order valence-corrected chi connectivity index (χ4v) is 4.26. The summed E-state index contributed by atoms with van der Waals surface area (Å²) >= 11 is 10.8. The maximum absolute atomic E-state index is 5.40. The van der Waals surface area contributed by atoms with E-state index >= 15 is 0 Å². The molecule has 2 rings (SSSR count). The van der Waals surface area contributed by atoms with Gasteiger partial charge in [-0.25, -0.2) is 0 Å². The zero-order valence-corrected chi connectivity index (χ0v) is 16.7. The molecule has 0 aliphatic rings. The maximum atomic E-state index is 5.40. The van der Waals surface area contributed by atoms with Gasteiger partial charge in [-0.3, -0.25) is 0 Å². The Morgan fingerprint density at radius 3 is 1.90 bits per heavy atom. The van der Waals surface area contributed by atoms with Crippen LogP contribution in [0.2, 0.25) is 0 Å². The number of ether oxygens (including phenoxy) is 2. The summed E-state index contributed by atoms with van der Waals surface area (Å²) in [6, 6.07) is 10.2. The second-order valence-electron chi connectivity index (χ2n) is 4.63. The predicted molar refractivity (Wildman–Crippen MR) is 96.9 cm³/mol. The van der Waals surface area contributed by atoms with Crippen molar-refractivity contribution in [1.29, 1.82) is 0 Å². The summed E-state index contributed by atoms with van der Waals surface area (Å²) in [7, 11) is 3.30. The van der Waals surface area contributed by atoms with Crippen LogP contribution in [0.1, 0.15) is 21.5 Å². The molecule has 1 atom stereocenters. The normalized spacial score (nSPS) is 12.1. The van der Waals surface area contributed by atoms with E-state index in [-0.39, 0.29) is 4.83 Å². The third-order valence-corrected chi connectivity index (χ3v) is 5.16. The Kier molecular flexibility index (Phi) is 5.74. The summed E-state index contributed by atoms with van der Waals surface area (Å²) in [5.41, 5.74) is 3.45. The molecule has 0 aromatic heterocycles. The van der Waals surface area contributed by atoms with Gasteiger partial charge in [-0.2, -0.15) is 0 Å². The molecule has 0 saturated carbocycles. The Balaban J connectivity index is 2.49. The zero-order chi connectivity index (χ0) is 15.6. The van der Waals surface area contributed by atoms with Crippen LogP contribution in [0.3, 0.4) is 0 Å². The second kappa shape index (κ2) is 7.16. The molecule has 0 aliphatic carbocycles. The van der Waals surface area contributed by atoms with Crippen molar-refractivity contribution in [3.05, 3.63) is 56.0 Å². The van der Waals surface area contributed by atoms with E-state index in [1.807, 2.05) is 18.2 Å². The van der Waals surface area contributed by atoms with Crippen molar-refractivity contribution in [2.45, 2.75) is 11.8 Å². The van der Waals surface area contributed by atoms with Gasteiger partial charge in [0.05, 0.1) is 19.0 Å². The van der Waals surface area contributed by atoms with E-state index in [1.54, 1.807) is 14.2 Å². The van der Waals surface area contributed by atoms with Gasteiger partial charge in [0, 0.05) is 8.95 Å². The molecule has 5 heteroatoms. The highest BCUT2D eigenvalue weighted by atomic mass is 79.9. The molecule has 2 aromatic carbocycles. The molecule has 0 saturated heterocycles. The summed E-state index contributed by atoms with van der Waals surface area (Å²) in [5, 5.41) is 0. The number of halogens is 3. The standard InChI is InChI=1S/C16H15Br3O2/c1-9-4-14(20-2)15(21-3)8-13(9)16(19)10-5-11(17)7-12(18)6-10/h4-8,16H,1-3H3. The van der Waals surface area contributed by atoms with Crippen molar-refractivity contribution >= 4 is 47.8 Å². The first-order chi connectivity index (χ1) is 9.96. The zero-order valence-electron chi connectivity index (χ0n) is 11.9. The second-order valence-corrected chi connectivity index (χ2v) is 7.38. The van der Waals surface area contributed by atoms with Gasteiger partial charge >= 0.3 is 0 Å². The quantitative estimate of drug-likeness (QED) is 0.500. The van der Waals surface area contributed by atoms with E-state index < -0.39 is 0 Å². The van der Waals surface area contributed by atoms with Gasteiger partial charge in [0.25, 0.3) is 0 Å². The number of benzene rings is 2. The Morgan fingerprint density at radius 2 is 1.38 bits per heavy atom. The summed E-state index contributed by atoms with van der Waals surface area (Å²) in [6.07, 6.45) is 0. The molecule has 0 N–H and O–H groups in total. The highest BCUT2D eigenvalue weighted by Gasteiger charge is 2.17. The van der Waals surface area contributed by atoms with E-state index in [4.69, 9.17) is 9.47 Å². The molecule has 0 radical (unpaired) electrons. The van der Waals surface area contributed by atoms with Crippen molar-refractivity contribution < 1.29 is 9.47 Å². The van der Waals surface area contributed by atoms with Gasteiger partial charge < -0.3 is 9.47 Å². The molecule has 2 aromatic rings. The number of hydrogen-bond donors (Lipinski definition) is 0. The number of methoxy groups -OCH3 is 2. The third-order valence-electron chi connectivity index (χ3n) is 3.22. The fraction of sp³-hybridized carbons (Fsp3) is 0.250. The van der Waals surface area contributed by atoms with Gasteiger partial charge in [-0.1, -0.05) is 47.8 Å². The lowest BCUT2D eigenvalue weighted by atomic mass is 9.99. The summed E-state index contributed by atoms with van der Waals surface area (Å²) in [6.45, 7) is 2.07. The van der Waals surface area contributed by atoms with E-state index in [9.17, 15) is 0 Å². The predicted octanol–water partition coefficient (Wildman–Crippen LogP) is 6.02. The first-order valence-corrected chi connectivity index (χ1v) is 8.79. The summed E-state index contributed by atoms with van der Waals surface area (Å²) in [4.78, 5) is 0.0751. The van der Waals surface area contributed by atoms with Crippen LogP contribution in [-0.2, 0) is 0 Å². The number of hydrogen-bond acceptors (Lipinski definition) is 2. The van der Waals surface area contributed by atoms with Crippen molar-refractivity contribution in [3.63, 3.8) is 0 Å². The molecule has 0 fully saturated rings. The van der Waals surface area contributed by atoms with Crippen LogP contribution < -0.4 is 9.47 Å². The number of alkyl halides is 1. The van der Waals surface area contributed by atoms with Crippen molar-refractivity contribution in [2.75, 3.05) is 14.2 Å². The topological polar surface area (TPSA) is 18.5 Å². The van der Waals surface area contributed by atoms with Gasteiger partial charge in [0.15, 0.2) is 11.5 Å². The van der Waals surface area contributed by atoms with Gasteiger partial charge in [0.1, 0.15) is 0 Å². The lowest BCUT2D eigenvalue weighted by molar-refractivity contribution is 0.354. The molecule has 0 amide bonds. The monoisotopic (exact) mass is 476 g/mol. The maximum Gasteiger partial charge on any atom is 0.161 e. The average molecular weight is 479 g/mol. The first kappa shape index (κ1) is 16.8. The summed E-state index contributed by atoms with van der Waals surface area (Å²) < 4.78 is 12.8. The molecule has 0 bridgehead atoms. The SMILES string of the molecule is COc1cc(C)c(C(Br)c2cc(Br)cc(Br)c2)cc1OC. The largest absolute Gasteiger partial charge is 0.493 e. The van der Waals surface area contributed by atoms with Crippen LogP contribution in [0.25, 0.3) is 0 Å². The van der Waals surface area contributed by atoms with Crippen LogP contribution in [0, 0.1) is 6.92 Å². The Labute approximate surface area is 150 Å². The Bertz CT molecular complexity index is 636. The lowest BCUT2D eigenvalue weighted by Crippen LogP contribution is -1.99. The van der Waals surface area contributed by atoms with Crippen LogP contribution in [0.5, 0.6) is 11.5 Å². The third kappa shape index (κ3) is 3.82. The minimum atomic E-state index is 0.0751. The van der Waals surface area contributed by atoms with Crippen molar-refractivity contribution in [1.82, 2.24) is 0 Å².